The van der Waals surface area contributed by atoms with Gasteiger partial charge in [0.2, 0.25) is 5.88 Å². The van der Waals surface area contributed by atoms with E-state index in [0.717, 1.165) is 22.8 Å². The molecule has 0 spiro atoms. The Morgan fingerprint density at radius 1 is 1.28 bits per heavy atom. The quantitative estimate of drug-likeness (QED) is 0.775. The zero-order chi connectivity index (χ0) is 18.2. The Hall–Kier alpha value is -2.08. The van der Waals surface area contributed by atoms with Crippen molar-refractivity contribution in [2.24, 2.45) is 0 Å². The first-order valence-corrected chi connectivity index (χ1v) is 8.72. The first-order valence-electron chi connectivity index (χ1n) is 8.34. The molecule has 0 aliphatic carbocycles. The Morgan fingerprint density at radius 3 is 2.64 bits per heavy atom. The van der Waals surface area contributed by atoms with Crippen LogP contribution in [0, 0.1) is 0 Å². The molecule has 1 aliphatic heterocycles. The fourth-order valence-corrected chi connectivity index (χ4v) is 2.82. The minimum absolute atomic E-state index is 0.105. The maximum atomic E-state index is 12.0. The van der Waals surface area contributed by atoms with Crippen LogP contribution in [-0.2, 0) is 11.2 Å². The van der Waals surface area contributed by atoms with Crippen LogP contribution in [0.4, 0.5) is 4.79 Å². The van der Waals surface area contributed by atoms with E-state index < -0.39 is 5.60 Å². The number of hydrogen-bond donors (Lipinski definition) is 0. The van der Waals surface area contributed by atoms with E-state index >= 15 is 0 Å². The van der Waals surface area contributed by atoms with Gasteiger partial charge >= 0.3 is 6.09 Å². The Labute approximate surface area is 152 Å². The molecule has 3 heterocycles. The first-order chi connectivity index (χ1) is 11.8. The Morgan fingerprint density at radius 2 is 2.00 bits per heavy atom. The van der Waals surface area contributed by atoms with Gasteiger partial charge in [-0.2, -0.15) is 0 Å². The average Bonchev–Trinajstić information content (AvgIpc) is 2.48. The third-order valence-electron chi connectivity index (χ3n) is 3.94. The fraction of sp³-hybridized carbons (Fsp3) is 0.500. The summed E-state index contributed by atoms with van der Waals surface area (Å²) in [7, 11) is 0. The number of amides is 1. The van der Waals surface area contributed by atoms with Crippen LogP contribution in [0.2, 0.25) is 5.15 Å². The molecule has 1 saturated heterocycles. The van der Waals surface area contributed by atoms with Crippen LogP contribution in [0.5, 0.6) is 5.88 Å². The van der Waals surface area contributed by atoms with Crippen LogP contribution < -0.4 is 4.74 Å². The lowest BCUT2D eigenvalue weighted by Crippen LogP contribution is -2.57. The van der Waals surface area contributed by atoms with Crippen LogP contribution in [0.3, 0.4) is 0 Å². The molecule has 2 aromatic heterocycles. The lowest BCUT2D eigenvalue weighted by Gasteiger charge is -2.39. The van der Waals surface area contributed by atoms with Crippen LogP contribution in [0.25, 0.3) is 10.8 Å². The van der Waals surface area contributed by atoms with Crippen molar-refractivity contribution in [2.75, 3.05) is 13.1 Å². The molecule has 0 aromatic carbocycles. The van der Waals surface area contributed by atoms with Crippen molar-refractivity contribution in [3.05, 3.63) is 29.2 Å². The van der Waals surface area contributed by atoms with Crippen LogP contribution >= 0.6 is 11.6 Å². The second kappa shape index (κ2) is 6.67. The summed E-state index contributed by atoms with van der Waals surface area (Å²) in [5.74, 6) is 0.519. The summed E-state index contributed by atoms with van der Waals surface area (Å²) in [5.41, 5.74) is 0.595. The van der Waals surface area contributed by atoms with Gasteiger partial charge in [-0.15, -0.1) is 0 Å². The standard InChI is InChI=1S/C18H22ClN3O3/c1-5-11-7-21-16(14-8-20-15(19)6-13(11)14)24-12-9-22(10-12)17(23)25-18(2,3)4/h6-8,12H,5,9-10H2,1-4H3. The lowest BCUT2D eigenvalue weighted by molar-refractivity contribution is -0.0228. The maximum Gasteiger partial charge on any atom is 0.410 e. The smallest absolute Gasteiger partial charge is 0.410 e. The number of carbonyl (C=O) groups excluding carboxylic acids is 1. The Bertz CT molecular complexity index is 798. The van der Waals surface area contributed by atoms with Crippen LogP contribution in [0.15, 0.2) is 18.5 Å². The number of hydrogen-bond acceptors (Lipinski definition) is 5. The summed E-state index contributed by atoms with van der Waals surface area (Å²) in [6.07, 6.45) is 3.91. The fourth-order valence-electron chi connectivity index (χ4n) is 2.66. The third-order valence-corrected chi connectivity index (χ3v) is 4.15. The molecular formula is C18H22ClN3O3. The summed E-state index contributed by atoms with van der Waals surface area (Å²) in [6, 6.07) is 1.83. The third kappa shape index (κ3) is 3.95. The number of ether oxygens (including phenoxy) is 2. The number of carbonyl (C=O) groups is 1. The van der Waals surface area contributed by atoms with Gasteiger partial charge in [-0.1, -0.05) is 18.5 Å². The highest BCUT2D eigenvalue weighted by Gasteiger charge is 2.35. The van der Waals surface area contributed by atoms with Crippen molar-refractivity contribution in [3.8, 4) is 5.88 Å². The molecule has 25 heavy (non-hydrogen) atoms. The van der Waals surface area contributed by atoms with E-state index in [9.17, 15) is 4.79 Å². The Kier molecular flexibility index (Phi) is 4.73. The summed E-state index contributed by atoms with van der Waals surface area (Å²) < 4.78 is 11.3. The highest BCUT2D eigenvalue weighted by molar-refractivity contribution is 6.30. The van der Waals surface area contributed by atoms with E-state index in [1.807, 2.05) is 26.8 Å². The summed E-state index contributed by atoms with van der Waals surface area (Å²) in [4.78, 5) is 22.2. The van der Waals surface area contributed by atoms with Crippen LogP contribution in [-0.4, -0.2) is 45.8 Å². The monoisotopic (exact) mass is 363 g/mol. The second-order valence-corrected chi connectivity index (χ2v) is 7.51. The maximum absolute atomic E-state index is 12.0. The lowest BCUT2D eigenvalue weighted by atomic mass is 10.1. The number of fused-ring (bicyclic) bond motifs is 1. The summed E-state index contributed by atoms with van der Waals surface area (Å²) >= 11 is 6.02. The summed E-state index contributed by atoms with van der Waals surface area (Å²) in [6.45, 7) is 8.58. The largest absolute Gasteiger partial charge is 0.470 e. The van der Waals surface area contributed by atoms with Gasteiger partial charge in [0.25, 0.3) is 0 Å². The van der Waals surface area contributed by atoms with Crippen molar-refractivity contribution in [1.29, 1.82) is 0 Å². The first kappa shape index (κ1) is 17.7. The molecule has 0 saturated carbocycles. The van der Waals surface area contributed by atoms with E-state index in [1.165, 1.54) is 0 Å². The minimum Gasteiger partial charge on any atom is -0.470 e. The minimum atomic E-state index is -0.498. The number of aryl methyl sites for hydroxylation is 1. The Balaban J connectivity index is 1.70. The number of likely N-dealkylation sites (tertiary alicyclic amines) is 1. The topological polar surface area (TPSA) is 64.5 Å². The molecule has 6 nitrogen and oxygen atoms in total. The van der Waals surface area contributed by atoms with E-state index in [0.29, 0.717) is 24.1 Å². The highest BCUT2D eigenvalue weighted by Crippen LogP contribution is 2.29. The number of rotatable bonds is 3. The second-order valence-electron chi connectivity index (χ2n) is 7.12. The van der Waals surface area contributed by atoms with Gasteiger partial charge in [0, 0.05) is 12.4 Å². The number of pyridine rings is 2. The zero-order valence-electron chi connectivity index (χ0n) is 14.9. The molecule has 2 aromatic rings. The van der Waals surface area contributed by atoms with Crippen molar-refractivity contribution < 1.29 is 14.3 Å². The molecular weight excluding hydrogens is 342 g/mol. The highest BCUT2D eigenvalue weighted by atomic mass is 35.5. The normalized spacial score (nSPS) is 15.2. The van der Waals surface area contributed by atoms with Gasteiger partial charge in [-0.05, 0) is 44.2 Å². The predicted octanol–water partition coefficient (Wildman–Crippen LogP) is 3.84. The van der Waals surface area contributed by atoms with E-state index in [1.54, 1.807) is 17.3 Å². The number of halogens is 1. The molecule has 3 rings (SSSR count). The van der Waals surface area contributed by atoms with E-state index in [4.69, 9.17) is 21.1 Å². The molecule has 0 bridgehead atoms. The van der Waals surface area contributed by atoms with Gasteiger partial charge in [-0.3, -0.25) is 0 Å². The number of aromatic nitrogens is 2. The van der Waals surface area contributed by atoms with Gasteiger partial charge < -0.3 is 14.4 Å². The molecule has 0 atom stereocenters. The number of nitrogens with zero attached hydrogens (tertiary/aromatic N) is 3. The van der Waals surface area contributed by atoms with Gasteiger partial charge in [-0.25, -0.2) is 14.8 Å². The van der Waals surface area contributed by atoms with Crippen molar-refractivity contribution >= 4 is 28.5 Å². The molecule has 0 radical (unpaired) electrons. The molecule has 1 fully saturated rings. The van der Waals surface area contributed by atoms with Gasteiger partial charge in [0.15, 0.2) is 0 Å². The molecule has 134 valence electrons. The van der Waals surface area contributed by atoms with Gasteiger partial charge in [0.1, 0.15) is 16.9 Å². The molecule has 0 unspecified atom stereocenters. The van der Waals surface area contributed by atoms with Gasteiger partial charge in [0.05, 0.1) is 18.5 Å². The van der Waals surface area contributed by atoms with E-state index in [2.05, 4.69) is 16.9 Å². The molecule has 0 N–H and O–H groups in total. The van der Waals surface area contributed by atoms with Crippen molar-refractivity contribution in [1.82, 2.24) is 14.9 Å². The molecule has 1 amide bonds. The predicted molar refractivity (Wildman–Crippen MR) is 96.1 cm³/mol. The van der Waals surface area contributed by atoms with E-state index in [-0.39, 0.29) is 12.2 Å². The zero-order valence-corrected chi connectivity index (χ0v) is 15.6. The van der Waals surface area contributed by atoms with Crippen molar-refractivity contribution in [3.63, 3.8) is 0 Å². The summed E-state index contributed by atoms with van der Waals surface area (Å²) in [5, 5.41) is 2.27. The molecule has 7 heteroatoms. The SMILES string of the molecule is CCc1cnc(OC2CN(C(=O)OC(C)(C)C)C2)c2cnc(Cl)cc12. The average molecular weight is 364 g/mol. The molecule has 1 aliphatic rings. The van der Waals surface area contributed by atoms with Crippen LogP contribution in [0.1, 0.15) is 33.3 Å². The van der Waals surface area contributed by atoms with Crippen molar-refractivity contribution in [2.45, 2.75) is 45.8 Å².